The zero-order chi connectivity index (χ0) is 23.5. The number of amides is 2. The van der Waals surface area contributed by atoms with Gasteiger partial charge in [0.05, 0.1) is 7.11 Å². The first kappa shape index (κ1) is 23.3. The monoisotopic (exact) mass is 455 g/mol. The summed E-state index contributed by atoms with van der Waals surface area (Å²) in [5.41, 5.74) is 1.46. The lowest BCUT2D eigenvalue weighted by molar-refractivity contribution is -0.141. The molecule has 2 aromatic rings. The third-order valence-corrected chi connectivity index (χ3v) is 7.10. The highest BCUT2D eigenvalue weighted by Crippen LogP contribution is 2.25. The summed E-state index contributed by atoms with van der Waals surface area (Å²) >= 11 is 0. The minimum Gasteiger partial charge on any atom is -0.497 e. The van der Waals surface area contributed by atoms with Crippen molar-refractivity contribution < 1.29 is 18.7 Å². The number of likely N-dealkylation sites (N-methyl/N-ethyl adjacent to an activating group) is 1. The van der Waals surface area contributed by atoms with Crippen LogP contribution in [0.15, 0.2) is 27.4 Å². The number of fused-ring (bicyclic) bond motifs is 1. The Morgan fingerprint density at radius 1 is 1.06 bits per heavy atom. The fourth-order valence-corrected chi connectivity index (χ4v) is 4.84. The highest BCUT2D eigenvalue weighted by atomic mass is 16.5. The maximum Gasteiger partial charge on any atom is 0.339 e. The Morgan fingerprint density at radius 2 is 1.76 bits per heavy atom. The number of carbonyl (C=O) groups excluding carboxylic acids is 2. The molecule has 0 unspecified atom stereocenters. The molecule has 0 spiro atoms. The van der Waals surface area contributed by atoms with Crippen LogP contribution in [0.25, 0.3) is 11.0 Å². The Hall–Kier alpha value is -2.87. The number of likely N-dealkylation sites (tertiary alicyclic amines) is 1. The van der Waals surface area contributed by atoms with Crippen molar-refractivity contribution in [3.8, 4) is 5.75 Å². The number of methoxy groups -OCH3 is 1. The van der Waals surface area contributed by atoms with E-state index in [2.05, 4.69) is 11.9 Å². The molecule has 1 aromatic carbocycles. The Bertz CT molecular complexity index is 1080. The van der Waals surface area contributed by atoms with Crippen LogP contribution in [0.5, 0.6) is 5.75 Å². The largest absolute Gasteiger partial charge is 0.497 e. The summed E-state index contributed by atoms with van der Waals surface area (Å²) in [4.78, 5) is 44.2. The van der Waals surface area contributed by atoms with Crippen molar-refractivity contribution in [2.24, 2.45) is 5.92 Å². The van der Waals surface area contributed by atoms with E-state index in [0.717, 1.165) is 37.1 Å². The van der Waals surface area contributed by atoms with E-state index in [-0.39, 0.29) is 24.2 Å². The molecule has 2 amide bonds. The van der Waals surface area contributed by atoms with E-state index in [9.17, 15) is 14.4 Å². The number of nitrogens with zero attached hydrogens (tertiary/aromatic N) is 3. The zero-order valence-electron chi connectivity index (χ0n) is 19.8. The molecule has 1 aromatic heterocycles. The van der Waals surface area contributed by atoms with Gasteiger partial charge in [-0.1, -0.05) is 0 Å². The normalized spacial score (nSPS) is 18.0. The molecule has 4 rings (SSSR count). The van der Waals surface area contributed by atoms with Crippen molar-refractivity contribution in [2.75, 3.05) is 53.4 Å². The van der Waals surface area contributed by atoms with Crippen molar-refractivity contribution in [3.63, 3.8) is 0 Å². The van der Waals surface area contributed by atoms with Gasteiger partial charge in [0.1, 0.15) is 11.3 Å². The Kier molecular flexibility index (Phi) is 7.02. The van der Waals surface area contributed by atoms with E-state index in [1.807, 2.05) is 28.9 Å². The highest BCUT2D eigenvalue weighted by Gasteiger charge is 2.31. The van der Waals surface area contributed by atoms with E-state index < -0.39 is 5.63 Å². The molecule has 0 N–H and O–H groups in total. The van der Waals surface area contributed by atoms with Gasteiger partial charge in [-0.05, 0) is 50.9 Å². The zero-order valence-corrected chi connectivity index (χ0v) is 19.8. The Morgan fingerprint density at radius 3 is 2.42 bits per heavy atom. The van der Waals surface area contributed by atoms with E-state index in [4.69, 9.17) is 9.15 Å². The lowest BCUT2D eigenvalue weighted by Crippen LogP contribution is -2.51. The standard InChI is InChI=1S/C25H33N3O5/c1-17-20-5-4-19(32-3)16-22(20)33-25(31)21(17)6-7-23(29)27-10-8-18(9-11-27)24(30)28-14-12-26(2)13-15-28/h4-5,16,18H,6-15H2,1-3H3. The lowest BCUT2D eigenvalue weighted by atomic mass is 9.94. The van der Waals surface area contributed by atoms with Crippen LogP contribution >= 0.6 is 0 Å². The Balaban J connectivity index is 1.33. The number of aryl methyl sites for hydroxylation is 1. The first-order chi connectivity index (χ1) is 15.9. The molecule has 2 aliphatic rings. The lowest BCUT2D eigenvalue weighted by Gasteiger charge is -2.37. The van der Waals surface area contributed by atoms with Gasteiger partial charge in [0.2, 0.25) is 11.8 Å². The Labute approximate surface area is 194 Å². The number of hydrogen-bond acceptors (Lipinski definition) is 6. The number of rotatable bonds is 5. The van der Waals surface area contributed by atoms with Crippen molar-refractivity contribution in [1.82, 2.24) is 14.7 Å². The van der Waals surface area contributed by atoms with Crippen LogP contribution in [0, 0.1) is 12.8 Å². The molecular formula is C25H33N3O5. The van der Waals surface area contributed by atoms with Crippen molar-refractivity contribution in [3.05, 3.63) is 39.7 Å². The van der Waals surface area contributed by atoms with Gasteiger partial charge in [0.15, 0.2) is 0 Å². The van der Waals surface area contributed by atoms with E-state index in [0.29, 0.717) is 49.2 Å². The molecule has 33 heavy (non-hydrogen) atoms. The summed E-state index contributed by atoms with van der Waals surface area (Å²) in [6, 6.07) is 5.41. The van der Waals surface area contributed by atoms with Crippen LogP contribution in [-0.2, 0) is 16.0 Å². The minimum atomic E-state index is -0.405. The number of carbonyl (C=O) groups is 2. The molecule has 0 atom stereocenters. The summed E-state index contributed by atoms with van der Waals surface area (Å²) in [6.07, 6.45) is 2.01. The van der Waals surface area contributed by atoms with Gasteiger partial charge in [0.25, 0.3) is 0 Å². The van der Waals surface area contributed by atoms with Gasteiger partial charge in [0, 0.05) is 68.6 Å². The van der Waals surface area contributed by atoms with Crippen molar-refractivity contribution >= 4 is 22.8 Å². The van der Waals surface area contributed by atoms with Crippen LogP contribution in [0.1, 0.15) is 30.4 Å². The fourth-order valence-electron chi connectivity index (χ4n) is 4.84. The minimum absolute atomic E-state index is 0.00391. The van der Waals surface area contributed by atoms with Crippen LogP contribution in [-0.4, -0.2) is 79.9 Å². The number of benzene rings is 1. The summed E-state index contributed by atoms with van der Waals surface area (Å²) in [7, 11) is 3.64. The number of piperidine rings is 1. The highest BCUT2D eigenvalue weighted by molar-refractivity contribution is 5.83. The summed E-state index contributed by atoms with van der Waals surface area (Å²) in [5, 5.41) is 0.848. The van der Waals surface area contributed by atoms with Crippen LogP contribution < -0.4 is 10.4 Å². The second-order valence-corrected chi connectivity index (χ2v) is 9.14. The quantitative estimate of drug-likeness (QED) is 0.642. The molecule has 8 nitrogen and oxygen atoms in total. The predicted octanol–water partition coefficient (Wildman–Crippen LogP) is 2.06. The molecule has 2 fully saturated rings. The molecule has 8 heteroatoms. The van der Waals surface area contributed by atoms with Gasteiger partial charge in [-0.15, -0.1) is 0 Å². The van der Waals surface area contributed by atoms with Gasteiger partial charge in [-0.25, -0.2) is 4.79 Å². The molecule has 3 heterocycles. The van der Waals surface area contributed by atoms with Crippen molar-refractivity contribution in [1.29, 1.82) is 0 Å². The van der Waals surface area contributed by atoms with Gasteiger partial charge in [-0.2, -0.15) is 0 Å². The van der Waals surface area contributed by atoms with Crippen LogP contribution in [0.4, 0.5) is 0 Å². The first-order valence-electron chi connectivity index (χ1n) is 11.7. The van der Waals surface area contributed by atoms with E-state index in [1.54, 1.807) is 13.2 Å². The fraction of sp³-hybridized carbons (Fsp3) is 0.560. The average Bonchev–Trinajstić information content (AvgIpc) is 2.83. The number of ether oxygens (including phenoxy) is 1. The summed E-state index contributed by atoms with van der Waals surface area (Å²) in [5.74, 6) is 0.886. The van der Waals surface area contributed by atoms with Crippen LogP contribution in [0.3, 0.4) is 0 Å². The van der Waals surface area contributed by atoms with Gasteiger partial charge >= 0.3 is 5.63 Å². The molecule has 2 saturated heterocycles. The third-order valence-electron chi connectivity index (χ3n) is 7.10. The van der Waals surface area contributed by atoms with E-state index in [1.165, 1.54) is 0 Å². The molecule has 0 aliphatic carbocycles. The second kappa shape index (κ2) is 9.95. The SMILES string of the molecule is COc1ccc2c(C)c(CCC(=O)N3CCC(C(=O)N4CCN(C)CC4)CC3)c(=O)oc2c1. The average molecular weight is 456 g/mol. The molecule has 178 valence electrons. The number of hydrogen-bond donors (Lipinski definition) is 0. The molecule has 0 bridgehead atoms. The van der Waals surface area contributed by atoms with E-state index >= 15 is 0 Å². The molecule has 0 radical (unpaired) electrons. The predicted molar refractivity (Wildman–Crippen MR) is 125 cm³/mol. The topological polar surface area (TPSA) is 83.3 Å². The van der Waals surface area contributed by atoms with Crippen LogP contribution in [0.2, 0.25) is 0 Å². The van der Waals surface area contributed by atoms with Crippen molar-refractivity contribution in [2.45, 2.75) is 32.6 Å². The second-order valence-electron chi connectivity index (χ2n) is 9.14. The van der Waals surface area contributed by atoms with Gasteiger partial charge < -0.3 is 23.9 Å². The maximum absolute atomic E-state index is 12.8. The molecule has 2 aliphatic heterocycles. The number of piperazine rings is 1. The summed E-state index contributed by atoms with van der Waals surface area (Å²) in [6.45, 7) is 6.48. The molecular weight excluding hydrogens is 422 g/mol. The first-order valence-corrected chi connectivity index (χ1v) is 11.7. The third kappa shape index (κ3) is 5.05. The van der Waals surface area contributed by atoms with Gasteiger partial charge in [-0.3, -0.25) is 9.59 Å². The smallest absolute Gasteiger partial charge is 0.339 e. The maximum atomic E-state index is 12.8. The summed E-state index contributed by atoms with van der Waals surface area (Å²) < 4.78 is 10.7. The molecule has 0 saturated carbocycles.